The Morgan fingerprint density at radius 3 is 2.96 bits per heavy atom. The molecule has 0 radical (unpaired) electrons. The number of methoxy groups -OCH3 is 1. The zero-order chi connectivity index (χ0) is 18.1. The Morgan fingerprint density at radius 2 is 2.20 bits per heavy atom. The van der Waals surface area contributed by atoms with Gasteiger partial charge in [-0.1, -0.05) is 6.42 Å². The first-order valence-corrected chi connectivity index (χ1v) is 10.2. The maximum atomic E-state index is 11.9. The lowest BCUT2D eigenvalue weighted by atomic mass is 10.0. The molecule has 144 valence electrons. The van der Waals surface area contributed by atoms with Crippen LogP contribution < -0.4 is 10.6 Å². The summed E-state index contributed by atoms with van der Waals surface area (Å²) in [6.45, 7) is 4.99. The standard InChI is InChI=1S/C17H31N3O4S/c1-3-20-16-13(19-17(20)22)12-25-14(16)6-4-5-7-15(21)18-8-9-24-11-10-23-2/h13-14,16H,3-12H2,1-2H3,(H,18,21)(H,19,22)/t13-,14-,16-/m0/s1. The normalized spacial score (nSPS) is 25.1. The number of thioether (sulfide) groups is 1. The Bertz CT molecular complexity index is 438. The van der Waals surface area contributed by atoms with E-state index in [9.17, 15) is 9.59 Å². The number of hydrogen-bond acceptors (Lipinski definition) is 5. The van der Waals surface area contributed by atoms with E-state index in [4.69, 9.17) is 9.47 Å². The van der Waals surface area contributed by atoms with E-state index in [0.717, 1.165) is 31.6 Å². The summed E-state index contributed by atoms with van der Waals surface area (Å²) in [5.41, 5.74) is 0. The molecule has 2 heterocycles. The van der Waals surface area contributed by atoms with Gasteiger partial charge in [-0.15, -0.1) is 0 Å². The molecule has 3 atom stereocenters. The predicted octanol–water partition coefficient (Wildman–Crippen LogP) is 1.22. The number of urea groups is 1. The van der Waals surface area contributed by atoms with Crippen LogP contribution in [0.4, 0.5) is 4.79 Å². The average molecular weight is 374 g/mol. The quantitative estimate of drug-likeness (QED) is 0.397. The first-order valence-electron chi connectivity index (χ1n) is 9.19. The van der Waals surface area contributed by atoms with Crippen LogP contribution in [0.15, 0.2) is 0 Å². The summed E-state index contributed by atoms with van der Waals surface area (Å²) in [5.74, 6) is 1.08. The molecule has 2 fully saturated rings. The Labute approximate surface area is 154 Å². The highest BCUT2D eigenvalue weighted by molar-refractivity contribution is 8.00. The number of ether oxygens (including phenoxy) is 2. The summed E-state index contributed by atoms with van der Waals surface area (Å²) in [5, 5.41) is 6.44. The van der Waals surface area contributed by atoms with Crippen LogP contribution in [-0.2, 0) is 14.3 Å². The highest BCUT2D eigenvalue weighted by Crippen LogP contribution is 2.37. The summed E-state index contributed by atoms with van der Waals surface area (Å²) in [7, 11) is 1.64. The summed E-state index contributed by atoms with van der Waals surface area (Å²) >= 11 is 1.95. The first kappa shape index (κ1) is 20.3. The van der Waals surface area contributed by atoms with Crippen molar-refractivity contribution >= 4 is 23.7 Å². The van der Waals surface area contributed by atoms with Crippen molar-refractivity contribution in [2.45, 2.75) is 49.9 Å². The lowest BCUT2D eigenvalue weighted by molar-refractivity contribution is -0.121. The Kier molecular flexibility index (Phi) is 8.84. The van der Waals surface area contributed by atoms with Gasteiger partial charge in [0.1, 0.15) is 0 Å². The second-order valence-electron chi connectivity index (χ2n) is 6.41. The molecule has 0 aromatic heterocycles. The molecule has 2 aliphatic rings. The van der Waals surface area contributed by atoms with Gasteiger partial charge in [0.05, 0.1) is 31.9 Å². The van der Waals surface area contributed by atoms with Gasteiger partial charge in [0, 0.05) is 37.6 Å². The maximum absolute atomic E-state index is 11.9. The minimum atomic E-state index is 0.0786. The Hall–Kier alpha value is -0.990. The number of carbonyl (C=O) groups excluding carboxylic acids is 2. The van der Waals surface area contributed by atoms with Crippen LogP contribution in [0.1, 0.15) is 32.6 Å². The minimum absolute atomic E-state index is 0.0786. The molecular formula is C17H31N3O4S. The van der Waals surface area contributed by atoms with Gasteiger partial charge in [-0.05, 0) is 19.8 Å². The molecule has 0 aromatic rings. The van der Waals surface area contributed by atoms with Crippen molar-refractivity contribution in [2.75, 3.05) is 45.8 Å². The van der Waals surface area contributed by atoms with E-state index in [2.05, 4.69) is 10.6 Å². The van der Waals surface area contributed by atoms with Gasteiger partial charge in [-0.25, -0.2) is 4.79 Å². The number of nitrogens with one attached hydrogen (secondary N) is 2. The smallest absolute Gasteiger partial charge is 0.318 e. The van der Waals surface area contributed by atoms with Gasteiger partial charge in [-0.3, -0.25) is 4.79 Å². The van der Waals surface area contributed by atoms with Crippen molar-refractivity contribution in [3.05, 3.63) is 0 Å². The van der Waals surface area contributed by atoms with Crippen molar-refractivity contribution < 1.29 is 19.1 Å². The number of fused-ring (bicyclic) bond motifs is 1. The van der Waals surface area contributed by atoms with E-state index in [1.54, 1.807) is 7.11 Å². The number of likely N-dealkylation sites (N-methyl/N-ethyl adjacent to an activating group) is 1. The molecule has 8 heteroatoms. The second kappa shape index (κ2) is 10.9. The number of rotatable bonds is 12. The Morgan fingerprint density at radius 1 is 1.36 bits per heavy atom. The summed E-state index contributed by atoms with van der Waals surface area (Å²) < 4.78 is 10.2. The van der Waals surface area contributed by atoms with Crippen LogP contribution in [0.25, 0.3) is 0 Å². The molecule has 0 saturated carbocycles. The molecule has 7 nitrogen and oxygen atoms in total. The average Bonchev–Trinajstić information content (AvgIpc) is 3.12. The van der Waals surface area contributed by atoms with E-state index in [1.165, 1.54) is 0 Å². The summed E-state index contributed by atoms with van der Waals surface area (Å²) in [4.78, 5) is 25.7. The summed E-state index contributed by atoms with van der Waals surface area (Å²) in [6, 6.07) is 0.694. The fourth-order valence-corrected chi connectivity index (χ4v) is 5.04. The zero-order valence-electron chi connectivity index (χ0n) is 15.3. The van der Waals surface area contributed by atoms with E-state index in [-0.39, 0.29) is 11.9 Å². The Balaban J connectivity index is 1.54. The highest BCUT2D eigenvalue weighted by atomic mass is 32.2. The third-order valence-corrected chi connectivity index (χ3v) is 6.19. The minimum Gasteiger partial charge on any atom is -0.382 e. The molecule has 25 heavy (non-hydrogen) atoms. The first-order chi connectivity index (χ1) is 12.2. The van der Waals surface area contributed by atoms with Gasteiger partial charge < -0.3 is 25.0 Å². The summed E-state index contributed by atoms with van der Waals surface area (Å²) in [6.07, 6.45) is 3.52. The molecule has 3 amide bonds. The van der Waals surface area contributed by atoms with Gasteiger partial charge in [0.15, 0.2) is 0 Å². The number of amides is 3. The SMILES string of the molecule is CCN1C(=O)N[C@H]2CS[C@@H](CCCCC(=O)NCCOCCOC)[C@H]21. The van der Waals surface area contributed by atoms with Crippen molar-refractivity contribution in [1.82, 2.24) is 15.5 Å². The fraction of sp³-hybridized carbons (Fsp3) is 0.882. The number of unbranched alkanes of at least 4 members (excludes halogenated alkanes) is 1. The van der Waals surface area contributed by atoms with E-state index in [0.29, 0.717) is 50.1 Å². The lowest BCUT2D eigenvalue weighted by Crippen LogP contribution is -2.40. The molecule has 2 saturated heterocycles. The molecule has 2 rings (SSSR count). The third-order valence-electron chi connectivity index (χ3n) is 4.70. The molecular weight excluding hydrogens is 342 g/mol. The van der Waals surface area contributed by atoms with Crippen molar-refractivity contribution in [2.24, 2.45) is 0 Å². The second-order valence-corrected chi connectivity index (χ2v) is 7.68. The highest BCUT2D eigenvalue weighted by Gasteiger charge is 2.47. The van der Waals surface area contributed by atoms with Crippen molar-refractivity contribution in [3.63, 3.8) is 0 Å². The molecule has 2 N–H and O–H groups in total. The molecule has 0 aliphatic carbocycles. The van der Waals surface area contributed by atoms with Gasteiger partial charge >= 0.3 is 6.03 Å². The molecule has 0 aromatic carbocycles. The van der Waals surface area contributed by atoms with Crippen LogP contribution in [0.2, 0.25) is 0 Å². The van der Waals surface area contributed by atoms with Crippen LogP contribution >= 0.6 is 11.8 Å². The third kappa shape index (κ3) is 6.04. The lowest BCUT2D eigenvalue weighted by Gasteiger charge is -2.26. The monoisotopic (exact) mass is 373 g/mol. The predicted molar refractivity (Wildman–Crippen MR) is 98.9 cm³/mol. The number of carbonyl (C=O) groups is 2. The molecule has 2 aliphatic heterocycles. The number of nitrogens with zero attached hydrogens (tertiary/aromatic N) is 1. The van der Waals surface area contributed by atoms with Crippen molar-refractivity contribution in [3.8, 4) is 0 Å². The fourth-order valence-electron chi connectivity index (χ4n) is 3.44. The van der Waals surface area contributed by atoms with Gasteiger partial charge in [-0.2, -0.15) is 11.8 Å². The van der Waals surface area contributed by atoms with E-state index < -0.39 is 0 Å². The maximum Gasteiger partial charge on any atom is 0.318 e. The van der Waals surface area contributed by atoms with E-state index in [1.807, 2.05) is 23.6 Å². The topological polar surface area (TPSA) is 79.9 Å². The van der Waals surface area contributed by atoms with Crippen LogP contribution in [-0.4, -0.2) is 79.9 Å². The molecule has 0 spiro atoms. The van der Waals surface area contributed by atoms with Gasteiger partial charge in [0.25, 0.3) is 0 Å². The zero-order valence-corrected chi connectivity index (χ0v) is 16.1. The van der Waals surface area contributed by atoms with E-state index >= 15 is 0 Å². The van der Waals surface area contributed by atoms with Crippen LogP contribution in [0, 0.1) is 0 Å². The molecule has 0 bridgehead atoms. The number of hydrogen-bond donors (Lipinski definition) is 2. The molecule has 0 unspecified atom stereocenters. The van der Waals surface area contributed by atoms with Crippen molar-refractivity contribution in [1.29, 1.82) is 0 Å². The largest absolute Gasteiger partial charge is 0.382 e. The van der Waals surface area contributed by atoms with Gasteiger partial charge in [0.2, 0.25) is 5.91 Å². The van der Waals surface area contributed by atoms with Crippen LogP contribution in [0.3, 0.4) is 0 Å². The van der Waals surface area contributed by atoms with Crippen LogP contribution in [0.5, 0.6) is 0 Å².